The average Bonchev–Trinajstić information content (AvgIpc) is 3.22. The number of aromatic nitrogens is 2. The molecule has 7 nitrogen and oxygen atoms in total. The van der Waals surface area contributed by atoms with E-state index in [2.05, 4.69) is 9.97 Å². The van der Waals surface area contributed by atoms with Crippen LogP contribution in [0.4, 0.5) is 8.78 Å². The third-order valence-electron chi connectivity index (χ3n) is 5.89. The summed E-state index contributed by atoms with van der Waals surface area (Å²) < 4.78 is 38.7. The van der Waals surface area contributed by atoms with Gasteiger partial charge in [-0.25, -0.2) is 8.78 Å². The van der Waals surface area contributed by atoms with E-state index in [1.54, 1.807) is 26.3 Å². The molecule has 2 aromatic heterocycles. The number of H-pyrrole nitrogens is 2. The summed E-state index contributed by atoms with van der Waals surface area (Å²) in [6.07, 6.45) is 0. The number of rotatable bonds is 3. The van der Waals surface area contributed by atoms with Gasteiger partial charge in [0.25, 0.3) is 11.5 Å². The molecule has 1 aliphatic rings. The quantitative estimate of drug-likeness (QED) is 0.510. The third kappa shape index (κ3) is 3.13. The lowest BCUT2D eigenvalue weighted by molar-refractivity contribution is 0.0333. The summed E-state index contributed by atoms with van der Waals surface area (Å²) >= 11 is 0. The van der Waals surface area contributed by atoms with Crippen LogP contribution in [0.3, 0.4) is 0 Å². The Balaban J connectivity index is 1.59. The second-order valence-electron chi connectivity index (χ2n) is 7.74. The van der Waals surface area contributed by atoms with Gasteiger partial charge in [-0.05, 0) is 41.8 Å². The van der Waals surface area contributed by atoms with E-state index in [0.717, 1.165) is 23.0 Å². The summed E-state index contributed by atoms with van der Waals surface area (Å²) in [5.74, 6) is -1.81. The maximum Gasteiger partial charge on any atom is 0.270 e. The third-order valence-corrected chi connectivity index (χ3v) is 5.89. The number of methoxy groups -OCH3 is 1. The molecule has 1 amide bonds. The zero-order valence-electron chi connectivity index (χ0n) is 17.3. The van der Waals surface area contributed by atoms with E-state index >= 15 is 0 Å². The van der Waals surface area contributed by atoms with Crippen molar-refractivity contribution in [3.05, 3.63) is 75.3 Å². The van der Waals surface area contributed by atoms with Gasteiger partial charge in [0.05, 0.1) is 31.8 Å². The van der Waals surface area contributed by atoms with Gasteiger partial charge in [-0.2, -0.15) is 0 Å². The molecule has 0 unspecified atom stereocenters. The Morgan fingerprint density at radius 1 is 1.12 bits per heavy atom. The van der Waals surface area contributed by atoms with Gasteiger partial charge >= 0.3 is 0 Å². The molecule has 3 heterocycles. The molecule has 0 fully saturated rings. The highest BCUT2D eigenvalue weighted by atomic mass is 19.2. The number of ether oxygens (including phenoxy) is 2. The molecule has 164 valence electrons. The number of likely N-dealkylation sites (N-methyl/N-ethyl adjacent to an activating group) is 1. The van der Waals surface area contributed by atoms with Crippen LogP contribution < -0.4 is 10.3 Å². The minimum absolute atomic E-state index is 0.0214. The van der Waals surface area contributed by atoms with E-state index in [9.17, 15) is 18.4 Å². The van der Waals surface area contributed by atoms with E-state index in [1.807, 2.05) is 12.1 Å². The number of fused-ring (bicyclic) bond motifs is 4. The molecule has 0 radical (unpaired) electrons. The van der Waals surface area contributed by atoms with Crippen molar-refractivity contribution in [3.63, 3.8) is 0 Å². The fourth-order valence-electron chi connectivity index (χ4n) is 4.23. The number of carbonyl (C=O) groups is 1. The molecule has 0 saturated heterocycles. The zero-order chi connectivity index (χ0) is 22.6. The predicted molar refractivity (Wildman–Crippen MR) is 114 cm³/mol. The molecule has 4 aromatic rings. The van der Waals surface area contributed by atoms with Crippen LogP contribution in [0, 0.1) is 11.6 Å². The van der Waals surface area contributed by atoms with Gasteiger partial charge in [-0.1, -0.05) is 0 Å². The first-order chi connectivity index (χ1) is 15.4. The van der Waals surface area contributed by atoms with Gasteiger partial charge in [0.2, 0.25) is 0 Å². The molecule has 2 N–H and O–H groups in total. The Kier molecular flexibility index (Phi) is 4.70. The van der Waals surface area contributed by atoms with Gasteiger partial charge in [0, 0.05) is 29.2 Å². The fraction of sp³-hybridized carbons (Fsp3) is 0.217. The average molecular weight is 439 g/mol. The molecule has 1 atom stereocenters. The van der Waals surface area contributed by atoms with Crippen LogP contribution in [0.15, 0.2) is 41.2 Å². The largest absolute Gasteiger partial charge is 0.497 e. The highest BCUT2D eigenvalue weighted by molar-refractivity contribution is 5.99. The maximum atomic E-state index is 14.1. The standard InChI is InChI=1S/C23H19F2N3O4/c1-28(23(30)18-6-11-5-12(31-2)3-4-17(11)26-18)20-10-32-9-19-21(20)13-7-15(24)16(25)8-14(13)22(29)27-19/h3-8,20,26H,9-10H2,1-2H3,(H,27,29)/t20-/m1/s1. The number of carbonyl (C=O) groups excluding carboxylic acids is 1. The van der Waals surface area contributed by atoms with Crippen LogP contribution in [0.2, 0.25) is 0 Å². The van der Waals surface area contributed by atoms with Crippen LogP contribution in [-0.4, -0.2) is 41.5 Å². The summed E-state index contributed by atoms with van der Waals surface area (Å²) in [5, 5.41) is 1.10. The van der Waals surface area contributed by atoms with Gasteiger partial charge in [0.15, 0.2) is 11.6 Å². The van der Waals surface area contributed by atoms with Crippen molar-refractivity contribution in [2.75, 3.05) is 20.8 Å². The Labute approximate surface area is 180 Å². The van der Waals surface area contributed by atoms with E-state index in [-0.39, 0.29) is 29.9 Å². The number of nitrogens with zero attached hydrogens (tertiary/aromatic N) is 1. The van der Waals surface area contributed by atoms with Crippen LogP contribution in [0.1, 0.15) is 27.8 Å². The summed E-state index contributed by atoms with van der Waals surface area (Å²) in [5.41, 5.74) is 1.56. The van der Waals surface area contributed by atoms with Crippen LogP contribution >= 0.6 is 0 Å². The molecule has 9 heteroatoms. The second-order valence-corrected chi connectivity index (χ2v) is 7.74. The zero-order valence-corrected chi connectivity index (χ0v) is 17.3. The lowest BCUT2D eigenvalue weighted by Crippen LogP contribution is -2.37. The smallest absolute Gasteiger partial charge is 0.270 e. The molecule has 0 bridgehead atoms. The number of nitrogens with one attached hydrogen (secondary N) is 2. The molecule has 0 aliphatic carbocycles. The number of hydrogen-bond donors (Lipinski definition) is 2. The first-order valence-electron chi connectivity index (χ1n) is 9.93. The maximum absolute atomic E-state index is 14.1. The van der Waals surface area contributed by atoms with E-state index in [4.69, 9.17) is 9.47 Å². The summed E-state index contributed by atoms with van der Waals surface area (Å²) in [6.45, 7) is 0.244. The first-order valence-corrected chi connectivity index (χ1v) is 9.93. The Morgan fingerprint density at radius 2 is 1.88 bits per heavy atom. The number of halogens is 2. The minimum Gasteiger partial charge on any atom is -0.497 e. The highest BCUT2D eigenvalue weighted by Crippen LogP contribution is 2.34. The van der Waals surface area contributed by atoms with Gasteiger partial charge in [0.1, 0.15) is 11.4 Å². The lowest BCUT2D eigenvalue weighted by atomic mass is 9.95. The van der Waals surface area contributed by atoms with Gasteiger partial charge < -0.3 is 24.3 Å². The molecule has 0 spiro atoms. The Bertz CT molecular complexity index is 1440. The first kappa shape index (κ1) is 20.2. The molecule has 5 rings (SSSR count). The molecule has 32 heavy (non-hydrogen) atoms. The van der Waals surface area contributed by atoms with Crippen molar-refractivity contribution in [2.45, 2.75) is 12.6 Å². The van der Waals surface area contributed by atoms with Crippen LogP contribution in [0.5, 0.6) is 5.75 Å². The van der Waals surface area contributed by atoms with Gasteiger partial charge in [-0.3, -0.25) is 9.59 Å². The van der Waals surface area contributed by atoms with Crippen molar-refractivity contribution in [1.29, 1.82) is 0 Å². The predicted octanol–water partition coefficient (Wildman–Crippen LogP) is 3.64. The molecular weight excluding hydrogens is 420 g/mol. The van der Waals surface area contributed by atoms with Crippen molar-refractivity contribution >= 4 is 27.6 Å². The lowest BCUT2D eigenvalue weighted by Gasteiger charge is -2.33. The monoisotopic (exact) mass is 439 g/mol. The highest BCUT2D eigenvalue weighted by Gasteiger charge is 2.32. The van der Waals surface area contributed by atoms with Crippen molar-refractivity contribution in [2.24, 2.45) is 0 Å². The Hall–Kier alpha value is -3.72. The summed E-state index contributed by atoms with van der Waals surface area (Å²) in [4.78, 5) is 33.0. The Morgan fingerprint density at radius 3 is 2.62 bits per heavy atom. The van der Waals surface area contributed by atoms with Gasteiger partial charge in [-0.15, -0.1) is 0 Å². The molecule has 1 aliphatic heterocycles. The van der Waals surface area contributed by atoms with E-state index in [0.29, 0.717) is 22.7 Å². The number of hydrogen-bond acceptors (Lipinski definition) is 4. The van der Waals surface area contributed by atoms with Crippen molar-refractivity contribution in [1.82, 2.24) is 14.9 Å². The summed E-state index contributed by atoms with van der Waals surface area (Å²) in [6, 6.07) is 8.42. The molecular formula is C23H19F2N3O4. The summed E-state index contributed by atoms with van der Waals surface area (Å²) in [7, 11) is 3.17. The van der Waals surface area contributed by atoms with Crippen LogP contribution in [0.25, 0.3) is 21.7 Å². The number of aromatic amines is 2. The number of pyridine rings is 1. The van der Waals surface area contributed by atoms with Crippen molar-refractivity contribution < 1.29 is 23.0 Å². The number of benzene rings is 2. The fourth-order valence-corrected chi connectivity index (χ4v) is 4.23. The second kappa shape index (κ2) is 7.45. The van der Waals surface area contributed by atoms with Crippen molar-refractivity contribution in [3.8, 4) is 5.75 Å². The topological polar surface area (TPSA) is 87.4 Å². The molecule has 2 aromatic carbocycles. The molecule has 0 saturated carbocycles. The normalized spacial score (nSPS) is 15.7. The SMILES string of the molecule is COc1ccc2[nH]c(C(=O)N(C)[C@@H]3COCc4[nH]c(=O)c5cc(F)c(F)cc5c43)cc2c1. The number of amides is 1. The minimum atomic E-state index is -1.11. The van der Waals surface area contributed by atoms with E-state index in [1.165, 1.54) is 4.90 Å². The van der Waals surface area contributed by atoms with E-state index < -0.39 is 23.2 Å². The van der Waals surface area contributed by atoms with Crippen LogP contribution in [-0.2, 0) is 11.3 Å².